The van der Waals surface area contributed by atoms with Crippen molar-refractivity contribution < 1.29 is 47.6 Å². The molecule has 1 aliphatic heterocycles. The molecule has 0 saturated carbocycles. The maximum absolute atomic E-state index is 13.6. The molecular weight excluding hydrogens is 706 g/mol. The van der Waals surface area contributed by atoms with Crippen LogP contribution >= 0.6 is 11.8 Å². The molecule has 2 heterocycles. The van der Waals surface area contributed by atoms with Gasteiger partial charge in [-0.25, -0.2) is 14.7 Å². The second kappa shape index (κ2) is 16.1. The standard InChI is InChI=1S/C37H31N5O10S/c1-47-26-11-8-20(12-27(26)48-2)25(43)18-52-37(46)19-6-9-22(10-7-19)42-31(44)15-30(36(42)45)53-35-24(17-39)32(23(16-38)34(40)41-35)21-13-28(49-3)33(51-5)29(14-21)50-4/h6-14,30H,15,18H2,1-5H3,(H2,40,41). The molecule has 270 valence electrons. The van der Waals surface area contributed by atoms with Gasteiger partial charge in [-0.1, -0.05) is 11.8 Å². The van der Waals surface area contributed by atoms with E-state index in [9.17, 15) is 29.7 Å². The Balaban J connectivity index is 1.35. The highest BCUT2D eigenvalue weighted by atomic mass is 32.2. The fourth-order valence-corrected chi connectivity index (χ4v) is 6.67. The van der Waals surface area contributed by atoms with E-state index in [1.54, 1.807) is 18.2 Å². The van der Waals surface area contributed by atoms with Crippen LogP contribution in [0.1, 0.15) is 38.3 Å². The van der Waals surface area contributed by atoms with Crippen LogP contribution in [0.5, 0.6) is 28.7 Å². The number of carbonyl (C=O) groups is 4. The first-order chi connectivity index (χ1) is 25.5. The number of carbonyl (C=O) groups excluding carboxylic acids is 4. The number of hydrogen-bond acceptors (Lipinski definition) is 15. The first kappa shape index (κ1) is 37.5. The molecule has 2 amide bonds. The molecule has 0 spiro atoms. The van der Waals surface area contributed by atoms with Crippen LogP contribution in [0.25, 0.3) is 11.1 Å². The van der Waals surface area contributed by atoms with Crippen LogP contribution in [0.4, 0.5) is 11.5 Å². The highest BCUT2D eigenvalue weighted by molar-refractivity contribution is 8.00. The summed E-state index contributed by atoms with van der Waals surface area (Å²) < 4.78 is 31.9. The highest BCUT2D eigenvalue weighted by Gasteiger charge is 2.41. The molecule has 1 fully saturated rings. The Morgan fingerprint density at radius 1 is 0.830 bits per heavy atom. The molecule has 1 saturated heterocycles. The third-order valence-electron chi connectivity index (χ3n) is 8.13. The number of aromatic nitrogens is 1. The zero-order chi connectivity index (χ0) is 38.4. The number of nitrogens with zero attached hydrogens (tertiary/aromatic N) is 4. The van der Waals surface area contributed by atoms with Gasteiger partial charge in [0.1, 0.15) is 28.5 Å². The zero-order valence-electron chi connectivity index (χ0n) is 29.0. The number of Topliss-reactive ketones (excluding diaryl/α,β-unsaturated/α-hetero) is 1. The van der Waals surface area contributed by atoms with Crippen LogP contribution in [0.2, 0.25) is 0 Å². The summed E-state index contributed by atoms with van der Waals surface area (Å²) in [6.45, 7) is -0.544. The number of rotatable bonds is 13. The van der Waals surface area contributed by atoms with E-state index < -0.39 is 35.4 Å². The number of nitrogens with two attached hydrogens (primary N) is 1. The van der Waals surface area contributed by atoms with Gasteiger partial charge in [0.15, 0.2) is 35.4 Å². The molecule has 0 radical (unpaired) electrons. The molecule has 2 N–H and O–H groups in total. The van der Waals surface area contributed by atoms with Crippen molar-refractivity contribution in [2.24, 2.45) is 0 Å². The van der Waals surface area contributed by atoms with Crippen molar-refractivity contribution in [2.45, 2.75) is 16.7 Å². The quantitative estimate of drug-likeness (QED) is 0.113. The lowest BCUT2D eigenvalue weighted by molar-refractivity contribution is -0.121. The minimum absolute atomic E-state index is 0.0291. The average molecular weight is 738 g/mol. The number of thioether (sulfide) groups is 1. The molecule has 15 nitrogen and oxygen atoms in total. The molecule has 4 aromatic rings. The van der Waals surface area contributed by atoms with Crippen molar-refractivity contribution >= 4 is 46.8 Å². The van der Waals surface area contributed by atoms with E-state index in [2.05, 4.69) is 11.1 Å². The number of imide groups is 1. The fraction of sp³-hybridized carbons (Fsp3) is 0.216. The minimum atomic E-state index is -1.01. The van der Waals surface area contributed by atoms with E-state index in [0.717, 1.165) is 16.7 Å². The number of hydrogen-bond donors (Lipinski definition) is 1. The van der Waals surface area contributed by atoms with Gasteiger partial charge in [-0.3, -0.25) is 14.4 Å². The summed E-state index contributed by atoms with van der Waals surface area (Å²) in [7, 11) is 7.16. The van der Waals surface area contributed by atoms with Gasteiger partial charge in [-0.05, 0) is 60.2 Å². The smallest absolute Gasteiger partial charge is 0.338 e. The highest BCUT2D eigenvalue weighted by Crippen LogP contribution is 2.45. The largest absolute Gasteiger partial charge is 0.493 e. The van der Waals surface area contributed by atoms with Crippen LogP contribution in [-0.2, 0) is 14.3 Å². The van der Waals surface area contributed by atoms with E-state index in [0.29, 0.717) is 17.1 Å². The Kier molecular flexibility index (Phi) is 11.3. The summed E-state index contributed by atoms with van der Waals surface area (Å²) in [5.41, 5.74) is 7.05. The number of benzene rings is 3. The molecule has 53 heavy (non-hydrogen) atoms. The van der Waals surface area contributed by atoms with Gasteiger partial charge in [-0.2, -0.15) is 10.5 Å². The van der Waals surface area contributed by atoms with E-state index in [-0.39, 0.29) is 68.0 Å². The lowest BCUT2D eigenvalue weighted by atomic mass is 9.96. The summed E-state index contributed by atoms with van der Waals surface area (Å²) in [4.78, 5) is 57.4. The van der Waals surface area contributed by atoms with Crippen LogP contribution < -0.4 is 34.3 Å². The van der Waals surface area contributed by atoms with E-state index in [1.165, 1.54) is 71.9 Å². The Bertz CT molecular complexity index is 2190. The minimum Gasteiger partial charge on any atom is -0.493 e. The van der Waals surface area contributed by atoms with Gasteiger partial charge in [0.05, 0.1) is 57.6 Å². The molecular formula is C37H31N5O10S. The molecule has 1 unspecified atom stereocenters. The van der Waals surface area contributed by atoms with E-state index in [4.69, 9.17) is 34.2 Å². The predicted octanol–water partition coefficient (Wildman–Crippen LogP) is 4.58. The fourth-order valence-electron chi connectivity index (χ4n) is 5.55. The number of nitriles is 2. The van der Waals surface area contributed by atoms with Crippen LogP contribution in [0, 0.1) is 22.7 Å². The summed E-state index contributed by atoms with van der Waals surface area (Å²) in [6.07, 6.45) is -0.239. The van der Waals surface area contributed by atoms with Crippen molar-refractivity contribution in [1.82, 2.24) is 4.98 Å². The summed E-state index contributed by atoms with van der Waals surface area (Å²) in [5.74, 6) is -1.02. The Labute approximate surface area is 307 Å². The SMILES string of the molecule is COc1ccc(C(=O)COC(=O)c2ccc(N3C(=O)CC(Sc4nc(N)c(C#N)c(-c5cc(OC)c(OC)c(OC)c5)c4C#N)C3=O)cc2)cc1OC. The Morgan fingerprint density at radius 3 is 2.00 bits per heavy atom. The van der Waals surface area contributed by atoms with Gasteiger partial charge >= 0.3 is 5.97 Å². The van der Waals surface area contributed by atoms with Gasteiger partial charge < -0.3 is 34.2 Å². The summed E-state index contributed by atoms with van der Waals surface area (Å²) >= 11 is 0.859. The Morgan fingerprint density at radius 2 is 1.43 bits per heavy atom. The second-order valence-corrected chi connectivity index (χ2v) is 12.3. The van der Waals surface area contributed by atoms with Crippen molar-refractivity contribution in [3.63, 3.8) is 0 Å². The van der Waals surface area contributed by atoms with Crippen molar-refractivity contribution in [1.29, 1.82) is 10.5 Å². The first-order valence-corrected chi connectivity index (χ1v) is 16.4. The Hall–Kier alpha value is -6.78. The first-order valence-electron chi connectivity index (χ1n) is 15.5. The number of amides is 2. The number of ether oxygens (including phenoxy) is 6. The summed E-state index contributed by atoms with van der Waals surface area (Å²) in [5, 5.41) is 19.3. The van der Waals surface area contributed by atoms with Gasteiger partial charge in [0.25, 0.3) is 0 Å². The van der Waals surface area contributed by atoms with Crippen molar-refractivity contribution in [2.75, 3.05) is 52.8 Å². The molecule has 3 aromatic carbocycles. The molecule has 1 aliphatic rings. The number of esters is 1. The number of ketones is 1. The number of nitrogen functional groups attached to an aromatic ring is 1. The number of pyridine rings is 1. The topological polar surface area (TPSA) is 213 Å². The zero-order valence-corrected chi connectivity index (χ0v) is 29.9. The van der Waals surface area contributed by atoms with Gasteiger partial charge in [0.2, 0.25) is 17.6 Å². The summed E-state index contributed by atoms with van der Waals surface area (Å²) in [6, 6.07) is 17.2. The molecule has 5 rings (SSSR count). The van der Waals surface area contributed by atoms with Crippen LogP contribution in [0.3, 0.4) is 0 Å². The van der Waals surface area contributed by atoms with Crippen LogP contribution in [-0.4, -0.2) is 76.0 Å². The predicted molar refractivity (Wildman–Crippen MR) is 191 cm³/mol. The second-order valence-electron chi connectivity index (χ2n) is 11.1. The lowest BCUT2D eigenvalue weighted by Gasteiger charge is -2.18. The third-order valence-corrected chi connectivity index (χ3v) is 9.30. The average Bonchev–Trinajstić information content (AvgIpc) is 3.46. The molecule has 1 atom stereocenters. The van der Waals surface area contributed by atoms with Crippen LogP contribution in [0.15, 0.2) is 59.6 Å². The molecule has 1 aromatic heterocycles. The number of methoxy groups -OCH3 is 5. The lowest BCUT2D eigenvalue weighted by Crippen LogP contribution is -2.31. The maximum Gasteiger partial charge on any atom is 0.338 e. The molecule has 0 aliphatic carbocycles. The van der Waals surface area contributed by atoms with E-state index in [1.807, 2.05) is 6.07 Å². The monoisotopic (exact) mass is 737 g/mol. The van der Waals surface area contributed by atoms with Gasteiger partial charge in [0, 0.05) is 17.5 Å². The number of anilines is 2. The van der Waals surface area contributed by atoms with Crippen molar-refractivity contribution in [3.05, 3.63) is 76.9 Å². The normalized spacial score (nSPS) is 13.5. The van der Waals surface area contributed by atoms with Crippen molar-refractivity contribution in [3.8, 4) is 52.0 Å². The molecule has 0 bridgehead atoms. The van der Waals surface area contributed by atoms with E-state index >= 15 is 0 Å². The molecule has 16 heteroatoms. The third kappa shape index (κ3) is 7.35. The van der Waals surface area contributed by atoms with Gasteiger partial charge in [-0.15, -0.1) is 0 Å². The maximum atomic E-state index is 13.6.